The topological polar surface area (TPSA) is 68.5 Å². The van der Waals surface area contributed by atoms with Gasteiger partial charge in [0.15, 0.2) is 0 Å². The number of hydrogen-bond acceptors (Lipinski definition) is 5. The van der Waals surface area contributed by atoms with Crippen molar-refractivity contribution in [2.75, 3.05) is 19.1 Å². The zero-order chi connectivity index (χ0) is 15.4. The van der Waals surface area contributed by atoms with E-state index < -0.39 is 5.97 Å². The third-order valence-electron chi connectivity index (χ3n) is 3.04. The van der Waals surface area contributed by atoms with Crippen molar-refractivity contribution >= 4 is 34.7 Å². The van der Waals surface area contributed by atoms with Crippen molar-refractivity contribution in [3.05, 3.63) is 53.7 Å². The Bertz CT molecular complexity index is 688. The molecule has 21 heavy (non-hydrogen) atoms. The minimum absolute atomic E-state index is 0.307. The van der Waals surface area contributed by atoms with Crippen LogP contribution in [-0.4, -0.2) is 30.1 Å². The van der Waals surface area contributed by atoms with E-state index in [1.54, 1.807) is 18.3 Å². The maximum Gasteiger partial charge on any atom is 0.338 e. The number of methoxy groups -OCH3 is 1. The number of rotatable bonds is 4. The molecule has 0 amide bonds. The highest BCUT2D eigenvalue weighted by Gasteiger charge is 2.14. The van der Waals surface area contributed by atoms with E-state index in [0.717, 1.165) is 11.3 Å². The Labute approximate surface area is 128 Å². The molecule has 0 bridgehead atoms. The Kier molecular flexibility index (Phi) is 4.49. The number of nitrogens with zero attached hydrogens (tertiary/aromatic N) is 2. The van der Waals surface area contributed by atoms with Crippen molar-refractivity contribution in [2.24, 2.45) is 5.73 Å². The Morgan fingerprint density at radius 3 is 2.71 bits per heavy atom. The van der Waals surface area contributed by atoms with Gasteiger partial charge in [0.05, 0.1) is 18.4 Å². The molecule has 6 heteroatoms. The molecule has 0 spiro atoms. The van der Waals surface area contributed by atoms with Crippen LogP contribution in [0.4, 0.5) is 11.5 Å². The van der Waals surface area contributed by atoms with Crippen LogP contribution < -0.4 is 10.6 Å². The normalized spacial score (nSPS) is 10.0. The number of pyridine rings is 1. The average molecular weight is 301 g/mol. The summed E-state index contributed by atoms with van der Waals surface area (Å²) in [6.07, 6.45) is 1.56. The van der Waals surface area contributed by atoms with Gasteiger partial charge in [-0.05, 0) is 24.3 Å². The number of hydrogen-bond donors (Lipinski definition) is 1. The molecule has 2 N–H and O–H groups in total. The molecule has 0 aliphatic rings. The summed E-state index contributed by atoms with van der Waals surface area (Å²) >= 11 is 5.06. The number of benzene rings is 1. The highest BCUT2D eigenvalue weighted by atomic mass is 32.1. The van der Waals surface area contributed by atoms with E-state index in [9.17, 15) is 4.79 Å². The van der Waals surface area contributed by atoms with Crippen molar-refractivity contribution in [2.45, 2.75) is 0 Å². The van der Waals surface area contributed by atoms with Gasteiger partial charge in [-0.15, -0.1) is 0 Å². The number of para-hydroxylation sites is 1. The lowest BCUT2D eigenvalue weighted by Crippen LogP contribution is -2.18. The molecular formula is C15H15N3O2S. The predicted molar refractivity (Wildman–Crippen MR) is 86.0 cm³/mol. The molecule has 2 aromatic rings. The van der Waals surface area contributed by atoms with Crippen LogP contribution in [0.25, 0.3) is 0 Å². The van der Waals surface area contributed by atoms with Crippen LogP contribution in [0.3, 0.4) is 0 Å². The Balaban J connectivity index is 2.43. The summed E-state index contributed by atoms with van der Waals surface area (Å²) in [7, 11) is 3.18. The van der Waals surface area contributed by atoms with Crippen LogP contribution >= 0.6 is 12.2 Å². The van der Waals surface area contributed by atoms with E-state index in [1.807, 2.05) is 36.2 Å². The van der Waals surface area contributed by atoms with Gasteiger partial charge in [0.1, 0.15) is 10.8 Å². The molecule has 0 fully saturated rings. The van der Waals surface area contributed by atoms with Crippen molar-refractivity contribution < 1.29 is 9.53 Å². The second-order valence-electron chi connectivity index (χ2n) is 4.33. The van der Waals surface area contributed by atoms with E-state index in [0.29, 0.717) is 16.4 Å². The van der Waals surface area contributed by atoms with Crippen LogP contribution in [0.15, 0.2) is 42.6 Å². The van der Waals surface area contributed by atoms with Crippen LogP contribution in [0.1, 0.15) is 15.9 Å². The van der Waals surface area contributed by atoms with Crippen molar-refractivity contribution in [1.29, 1.82) is 0 Å². The van der Waals surface area contributed by atoms with Crippen LogP contribution in [0.2, 0.25) is 0 Å². The number of anilines is 2. The molecule has 0 atom stereocenters. The summed E-state index contributed by atoms with van der Waals surface area (Å²) in [6.45, 7) is 0. The summed E-state index contributed by atoms with van der Waals surface area (Å²) in [5.41, 5.74) is 7.74. The number of aromatic nitrogens is 1. The summed E-state index contributed by atoms with van der Waals surface area (Å²) in [5, 5.41) is 0. The van der Waals surface area contributed by atoms with Crippen LogP contribution in [-0.2, 0) is 4.74 Å². The molecule has 0 radical (unpaired) electrons. The quantitative estimate of drug-likeness (QED) is 0.690. The van der Waals surface area contributed by atoms with Crippen molar-refractivity contribution in [3.63, 3.8) is 0 Å². The lowest BCUT2D eigenvalue weighted by Gasteiger charge is -2.21. The number of esters is 1. The number of ether oxygens (including phenoxy) is 1. The predicted octanol–water partition coefficient (Wildman–Crippen LogP) is 2.27. The first-order valence-electron chi connectivity index (χ1n) is 6.21. The van der Waals surface area contributed by atoms with Crippen molar-refractivity contribution in [1.82, 2.24) is 4.98 Å². The van der Waals surface area contributed by atoms with E-state index in [1.165, 1.54) is 7.11 Å². The van der Waals surface area contributed by atoms with Gasteiger partial charge in [0.25, 0.3) is 0 Å². The highest BCUT2D eigenvalue weighted by Crippen LogP contribution is 2.26. The fourth-order valence-corrected chi connectivity index (χ4v) is 2.12. The van der Waals surface area contributed by atoms with Gasteiger partial charge in [-0.1, -0.05) is 24.4 Å². The van der Waals surface area contributed by atoms with E-state index >= 15 is 0 Å². The molecule has 1 heterocycles. The minimum Gasteiger partial charge on any atom is -0.465 e. The highest BCUT2D eigenvalue weighted by molar-refractivity contribution is 7.80. The number of carbonyl (C=O) groups excluding carboxylic acids is 1. The largest absolute Gasteiger partial charge is 0.465 e. The van der Waals surface area contributed by atoms with Crippen LogP contribution in [0, 0.1) is 0 Å². The molecule has 0 saturated heterocycles. The fourth-order valence-electron chi connectivity index (χ4n) is 1.94. The Morgan fingerprint density at radius 2 is 2.05 bits per heavy atom. The number of nitrogens with two attached hydrogens (primary N) is 1. The van der Waals surface area contributed by atoms with E-state index in [-0.39, 0.29) is 0 Å². The molecule has 0 saturated carbocycles. The maximum absolute atomic E-state index is 11.6. The Morgan fingerprint density at radius 1 is 1.33 bits per heavy atom. The first kappa shape index (κ1) is 14.9. The Hall–Kier alpha value is -2.47. The molecule has 108 valence electrons. The first-order valence-corrected chi connectivity index (χ1v) is 6.62. The summed E-state index contributed by atoms with van der Waals surface area (Å²) in [6, 6.07) is 10.7. The SMILES string of the molecule is COC(=O)c1ccnc(N(C)c2ccccc2C(N)=S)c1. The lowest BCUT2D eigenvalue weighted by molar-refractivity contribution is 0.0600. The third kappa shape index (κ3) is 3.17. The molecule has 0 aliphatic heterocycles. The number of carbonyl (C=O) groups is 1. The van der Waals surface area contributed by atoms with Gasteiger partial charge in [0.2, 0.25) is 0 Å². The zero-order valence-corrected chi connectivity index (χ0v) is 12.6. The average Bonchev–Trinajstić information content (AvgIpc) is 2.53. The van der Waals surface area contributed by atoms with E-state index in [4.69, 9.17) is 22.7 Å². The van der Waals surface area contributed by atoms with Gasteiger partial charge >= 0.3 is 5.97 Å². The summed E-state index contributed by atoms with van der Waals surface area (Å²) < 4.78 is 4.71. The molecule has 0 aliphatic carbocycles. The molecule has 2 rings (SSSR count). The van der Waals surface area contributed by atoms with Crippen LogP contribution in [0.5, 0.6) is 0 Å². The fraction of sp³-hybridized carbons (Fsp3) is 0.133. The monoisotopic (exact) mass is 301 g/mol. The maximum atomic E-state index is 11.6. The smallest absolute Gasteiger partial charge is 0.338 e. The molecular weight excluding hydrogens is 286 g/mol. The second-order valence-corrected chi connectivity index (χ2v) is 4.77. The number of thiocarbonyl (C=S) groups is 1. The van der Waals surface area contributed by atoms with Gasteiger partial charge in [-0.3, -0.25) is 0 Å². The third-order valence-corrected chi connectivity index (χ3v) is 3.26. The van der Waals surface area contributed by atoms with Gasteiger partial charge in [-0.2, -0.15) is 0 Å². The molecule has 1 aromatic heterocycles. The van der Waals surface area contributed by atoms with Gasteiger partial charge in [-0.25, -0.2) is 9.78 Å². The molecule has 5 nitrogen and oxygen atoms in total. The second kappa shape index (κ2) is 6.32. The van der Waals surface area contributed by atoms with Gasteiger partial charge < -0.3 is 15.4 Å². The standard InChI is InChI=1S/C15H15N3O2S/c1-18(12-6-4-3-5-11(12)14(16)21)13-9-10(7-8-17-13)15(19)20-2/h3-9H,1-2H3,(H2,16,21). The summed E-state index contributed by atoms with van der Waals surface area (Å²) in [5.74, 6) is 0.191. The minimum atomic E-state index is -0.408. The lowest BCUT2D eigenvalue weighted by atomic mass is 10.1. The van der Waals surface area contributed by atoms with Gasteiger partial charge in [0, 0.05) is 18.8 Å². The first-order chi connectivity index (χ1) is 10.0. The summed E-state index contributed by atoms with van der Waals surface area (Å²) in [4.78, 5) is 18.0. The van der Waals surface area contributed by atoms with E-state index in [2.05, 4.69) is 4.98 Å². The zero-order valence-electron chi connectivity index (χ0n) is 11.7. The molecule has 1 aromatic carbocycles. The van der Waals surface area contributed by atoms with Crippen molar-refractivity contribution in [3.8, 4) is 0 Å². The molecule has 0 unspecified atom stereocenters.